The van der Waals surface area contributed by atoms with Crippen LogP contribution in [0.25, 0.3) is 12.2 Å². The second-order valence-electron chi connectivity index (χ2n) is 15.8. The second-order valence-corrected chi connectivity index (χ2v) is 16.8. The third-order valence-electron chi connectivity index (χ3n) is 10.5. The molecule has 0 amide bonds. The van der Waals surface area contributed by atoms with Crippen molar-refractivity contribution in [3.8, 4) is 11.5 Å². The fraction of sp³-hybridized carbons (Fsp3) is 0.633. The largest absolute Gasteiger partial charge is 0.494 e. The molecule has 338 valence electrons. The molecule has 11 heteroatoms. The van der Waals surface area contributed by atoms with Gasteiger partial charge in [0, 0.05) is 12.2 Å². The molecule has 0 spiro atoms. The summed E-state index contributed by atoms with van der Waals surface area (Å²) in [6.07, 6.45) is 30.9. The Kier molecular flexibility index (Phi) is 29.7. The van der Waals surface area contributed by atoms with Crippen molar-refractivity contribution in [2.24, 2.45) is 5.92 Å². The van der Waals surface area contributed by atoms with Gasteiger partial charge in [-0.15, -0.1) is 0 Å². The van der Waals surface area contributed by atoms with Gasteiger partial charge in [0.25, 0.3) is 0 Å². The summed E-state index contributed by atoms with van der Waals surface area (Å²) in [4.78, 5) is 24.9. The zero-order valence-corrected chi connectivity index (χ0v) is 37.8. The van der Waals surface area contributed by atoms with E-state index in [0.29, 0.717) is 13.2 Å². The molecular formula is C49H76O10S. The van der Waals surface area contributed by atoms with E-state index in [1.165, 1.54) is 135 Å². The normalized spacial score (nSPS) is 12.8. The van der Waals surface area contributed by atoms with Gasteiger partial charge in [-0.3, -0.25) is 4.55 Å². The predicted octanol–water partition coefficient (Wildman–Crippen LogP) is 12.7. The maximum atomic E-state index is 12.4. The first-order valence-electron chi connectivity index (χ1n) is 22.9. The smallest absolute Gasteiger partial charge is 0.397 e. The molecule has 0 aliphatic heterocycles. The number of benzene rings is 2. The third-order valence-corrected chi connectivity index (χ3v) is 11.1. The molecule has 1 atom stereocenters. The number of unbranched alkanes of at least 4 members (excludes halogenated alkanes) is 18. The molecule has 2 aromatic rings. The summed E-state index contributed by atoms with van der Waals surface area (Å²) in [7, 11) is -4.72. The molecule has 0 saturated carbocycles. The lowest BCUT2D eigenvalue weighted by molar-refractivity contribution is -0.138. The van der Waals surface area contributed by atoms with Crippen molar-refractivity contribution in [3.05, 3.63) is 71.8 Å². The van der Waals surface area contributed by atoms with Gasteiger partial charge in [0.2, 0.25) is 0 Å². The first kappa shape index (κ1) is 52.5. The van der Waals surface area contributed by atoms with Gasteiger partial charge in [-0.25, -0.2) is 13.8 Å². The van der Waals surface area contributed by atoms with E-state index in [1.54, 1.807) is 12.2 Å². The van der Waals surface area contributed by atoms with E-state index in [1.807, 2.05) is 48.5 Å². The summed E-state index contributed by atoms with van der Waals surface area (Å²) in [5, 5.41) is 0. The Hall–Kier alpha value is -3.67. The zero-order chi connectivity index (χ0) is 43.5. The summed E-state index contributed by atoms with van der Waals surface area (Å²) < 4.78 is 59.3. The standard InChI is InChI=1S/C49H76O10S/c1-4-6-8-10-12-14-16-18-20-22-38-55-46-30-24-43(25-31-46)28-34-48(50)57-40-36-45(42(3)59-60(52,53)54)37-41-58-49(51)35-29-44-26-32-47(33-27-44)56-39-23-21-19-17-15-13-11-9-7-5-2/h24-35,42,45H,4-23,36-41H2,1-3H3,(H,52,53,54). The van der Waals surface area contributed by atoms with Crippen LogP contribution in [0, 0.1) is 5.92 Å². The number of rotatable bonds is 37. The average molecular weight is 857 g/mol. The van der Waals surface area contributed by atoms with Crippen molar-refractivity contribution >= 4 is 34.5 Å². The fourth-order valence-electron chi connectivity index (χ4n) is 6.84. The molecule has 10 nitrogen and oxygen atoms in total. The van der Waals surface area contributed by atoms with Gasteiger partial charge in [0.05, 0.1) is 32.5 Å². The molecule has 1 unspecified atom stereocenters. The quantitative estimate of drug-likeness (QED) is 0.0303. The van der Waals surface area contributed by atoms with E-state index in [0.717, 1.165) is 35.5 Å². The van der Waals surface area contributed by atoms with Gasteiger partial charge in [-0.2, -0.15) is 8.42 Å². The molecule has 0 radical (unpaired) electrons. The van der Waals surface area contributed by atoms with E-state index in [4.69, 9.17) is 23.1 Å². The minimum Gasteiger partial charge on any atom is -0.494 e. The van der Waals surface area contributed by atoms with Gasteiger partial charge in [0.1, 0.15) is 11.5 Å². The van der Waals surface area contributed by atoms with Crippen LogP contribution in [-0.2, 0) is 33.6 Å². The predicted molar refractivity (Wildman–Crippen MR) is 242 cm³/mol. The first-order chi connectivity index (χ1) is 29.1. The van der Waals surface area contributed by atoms with E-state index in [2.05, 4.69) is 13.8 Å². The number of hydrogen-bond acceptors (Lipinski definition) is 9. The van der Waals surface area contributed by atoms with Crippen LogP contribution in [0.4, 0.5) is 0 Å². The van der Waals surface area contributed by atoms with Crippen LogP contribution < -0.4 is 9.47 Å². The summed E-state index contributed by atoms with van der Waals surface area (Å²) >= 11 is 0. The number of carbonyl (C=O) groups is 2. The molecule has 0 fully saturated rings. The number of hydrogen-bond donors (Lipinski definition) is 1. The second kappa shape index (κ2) is 34.0. The average Bonchev–Trinajstić information content (AvgIpc) is 3.23. The number of ether oxygens (including phenoxy) is 4. The minimum atomic E-state index is -4.72. The van der Waals surface area contributed by atoms with Crippen LogP contribution in [0.1, 0.15) is 173 Å². The number of esters is 2. The molecule has 0 heterocycles. The van der Waals surface area contributed by atoms with Crippen LogP contribution in [-0.4, -0.2) is 57.4 Å². The lowest BCUT2D eigenvalue weighted by atomic mass is 9.97. The molecule has 0 saturated heterocycles. The van der Waals surface area contributed by atoms with E-state index in [9.17, 15) is 22.6 Å². The Morgan fingerprint density at radius 3 is 1.20 bits per heavy atom. The minimum absolute atomic E-state index is 0.0361. The highest BCUT2D eigenvalue weighted by Gasteiger charge is 2.23. The summed E-state index contributed by atoms with van der Waals surface area (Å²) in [5.74, 6) is -0.0804. The molecule has 60 heavy (non-hydrogen) atoms. The van der Waals surface area contributed by atoms with E-state index >= 15 is 0 Å². The Balaban J connectivity index is 1.66. The molecule has 2 aromatic carbocycles. The van der Waals surface area contributed by atoms with Gasteiger partial charge in [-0.05, 0) is 86.1 Å². The summed E-state index contributed by atoms with van der Waals surface area (Å²) in [6, 6.07) is 15.0. The number of carbonyl (C=O) groups excluding carboxylic acids is 2. The van der Waals surface area contributed by atoms with Crippen molar-refractivity contribution in [1.82, 2.24) is 0 Å². The Bertz CT molecular complexity index is 1460. The van der Waals surface area contributed by atoms with E-state index in [-0.39, 0.29) is 26.1 Å². The molecule has 2 rings (SSSR count). The molecule has 0 aliphatic rings. The fourth-order valence-corrected chi connectivity index (χ4v) is 7.38. The Morgan fingerprint density at radius 1 is 0.533 bits per heavy atom. The molecule has 1 N–H and O–H groups in total. The molecule has 0 aliphatic carbocycles. The Morgan fingerprint density at radius 2 is 0.867 bits per heavy atom. The Labute approximate surface area is 362 Å². The van der Waals surface area contributed by atoms with Crippen molar-refractivity contribution in [2.75, 3.05) is 26.4 Å². The third kappa shape index (κ3) is 28.7. The molecule has 0 bridgehead atoms. The van der Waals surface area contributed by atoms with Crippen LogP contribution in [0.2, 0.25) is 0 Å². The van der Waals surface area contributed by atoms with Crippen molar-refractivity contribution < 1.29 is 45.7 Å². The lowest BCUT2D eigenvalue weighted by Gasteiger charge is -2.22. The highest BCUT2D eigenvalue weighted by molar-refractivity contribution is 7.80. The van der Waals surface area contributed by atoms with Crippen LogP contribution >= 0.6 is 0 Å². The maximum Gasteiger partial charge on any atom is 0.397 e. The summed E-state index contributed by atoms with van der Waals surface area (Å²) in [5.41, 5.74) is 1.62. The van der Waals surface area contributed by atoms with Crippen molar-refractivity contribution in [3.63, 3.8) is 0 Å². The van der Waals surface area contributed by atoms with Gasteiger partial charge in [0.15, 0.2) is 0 Å². The van der Waals surface area contributed by atoms with Gasteiger partial charge in [-0.1, -0.05) is 154 Å². The maximum absolute atomic E-state index is 12.4. The van der Waals surface area contributed by atoms with Gasteiger partial charge >= 0.3 is 22.3 Å². The van der Waals surface area contributed by atoms with Crippen LogP contribution in [0.5, 0.6) is 11.5 Å². The lowest BCUT2D eigenvalue weighted by Crippen LogP contribution is -2.27. The van der Waals surface area contributed by atoms with Crippen molar-refractivity contribution in [2.45, 2.75) is 168 Å². The molecule has 0 aromatic heterocycles. The highest BCUT2D eigenvalue weighted by Crippen LogP contribution is 2.20. The molecular weight excluding hydrogens is 781 g/mol. The SMILES string of the molecule is CCCCCCCCCCCCOc1ccc(C=CC(=O)OCCC(CCOC(=O)C=Cc2ccc(OCCCCCCCCCCCC)cc2)C(C)OS(=O)(=O)O)cc1. The zero-order valence-electron chi connectivity index (χ0n) is 37.0. The van der Waals surface area contributed by atoms with E-state index < -0.39 is 34.4 Å². The van der Waals surface area contributed by atoms with Crippen LogP contribution in [0.3, 0.4) is 0 Å². The topological polar surface area (TPSA) is 135 Å². The van der Waals surface area contributed by atoms with Crippen LogP contribution in [0.15, 0.2) is 60.7 Å². The summed E-state index contributed by atoms with van der Waals surface area (Å²) in [6.45, 7) is 7.26. The highest BCUT2D eigenvalue weighted by atomic mass is 32.3. The monoisotopic (exact) mass is 857 g/mol. The first-order valence-corrected chi connectivity index (χ1v) is 24.3. The van der Waals surface area contributed by atoms with Crippen molar-refractivity contribution in [1.29, 1.82) is 0 Å². The van der Waals surface area contributed by atoms with Gasteiger partial charge < -0.3 is 18.9 Å².